The summed E-state index contributed by atoms with van der Waals surface area (Å²) in [5.41, 5.74) is 1.91. The first-order valence-corrected chi connectivity index (χ1v) is 10.2. The Bertz CT molecular complexity index is 1130. The molecule has 1 aliphatic rings. The number of hydrogen-bond acceptors (Lipinski definition) is 2. The van der Waals surface area contributed by atoms with Crippen LogP contribution >= 0.6 is 0 Å². The number of nitrogens with zero attached hydrogens (tertiary/aromatic N) is 2. The van der Waals surface area contributed by atoms with Gasteiger partial charge in [-0.1, -0.05) is 30.3 Å². The highest BCUT2D eigenvalue weighted by atomic mass is 19.1. The largest absolute Gasteiger partial charge is 0.350 e. The summed E-state index contributed by atoms with van der Waals surface area (Å²) in [6, 6.07) is 13.6. The van der Waals surface area contributed by atoms with Gasteiger partial charge in [-0.2, -0.15) is 0 Å². The molecule has 0 saturated carbocycles. The molecule has 30 heavy (non-hydrogen) atoms. The molecule has 154 valence electrons. The van der Waals surface area contributed by atoms with Gasteiger partial charge in [0, 0.05) is 42.8 Å². The van der Waals surface area contributed by atoms with Gasteiger partial charge in [-0.05, 0) is 43.5 Å². The number of hydrogen-bond donors (Lipinski definition) is 1. The quantitative estimate of drug-likeness (QED) is 0.665. The van der Waals surface area contributed by atoms with Crippen LogP contribution in [0.25, 0.3) is 17.0 Å². The first-order valence-electron chi connectivity index (χ1n) is 10.2. The first-order chi connectivity index (χ1) is 14.5. The molecule has 0 unspecified atom stereocenters. The van der Waals surface area contributed by atoms with Gasteiger partial charge in [-0.3, -0.25) is 9.59 Å². The van der Waals surface area contributed by atoms with E-state index in [-0.39, 0.29) is 17.2 Å². The standard InChI is InChI=1S/C24H24FN3O2/c1-27-16-17(18-9-4-6-12-22(18)27)15-21(24(30)28-13-7-2-8-14-28)26-23(29)19-10-3-5-11-20(19)25/h3-6,9-12,15-16H,2,7-8,13-14H2,1H3,(H,26,29). The number of fused-ring (bicyclic) bond motifs is 1. The van der Waals surface area contributed by atoms with Crippen molar-refractivity contribution in [2.24, 2.45) is 7.05 Å². The Morgan fingerprint density at radius 2 is 1.70 bits per heavy atom. The summed E-state index contributed by atoms with van der Waals surface area (Å²) < 4.78 is 16.1. The van der Waals surface area contributed by atoms with Gasteiger partial charge in [0.05, 0.1) is 5.56 Å². The van der Waals surface area contributed by atoms with Crippen LogP contribution in [0.1, 0.15) is 35.2 Å². The van der Waals surface area contributed by atoms with Gasteiger partial charge in [0.15, 0.2) is 0 Å². The first kappa shape index (κ1) is 19.9. The molecule has 1 aromatic heterocycles. The van der Waals surface area contributed by atoms with Crippen molar-refractivity contribution in [3.63, 3.8) is 0 Å². The third-order valence-corrected chi connectivity index (χ3v) is 5.47. The number of piperidine rings is 1. The maximum atomic E-state index is 14.1. The van der Waals surface area contributed by atoms with Crippen LogP contribution in [-0.4, -0.2) is 34.4 Å². The zero-order chi connectivity index (χ0) is 21.1. The number of nitrogens with one attached hydrogen (secondary N) is 1. The summed E-state index contributed by atoms with van der Waals surface area (Å²) in [6.07, 6.45) is 6.58. The predicted octanol–water partition coefficient (Wildman–Crippen LogP) is 4.10. The van der Waals surface area contributed by atoms with Gasteiger partial charge < -0.3 is 14.8 Å². The van der Waals surface area contributed by atoms with Crippen molar-refractivity contribution in [2.45, 2.75) is 19.3 Å². The number of para-hydroxylation sites is 1. The van der Waals surface area contributed by atoms with Crippen LogP contribution in [0.3, 0.4) is 0 Å². The minimum Gasteiger partial charge on any atom is -0.350 e. The molecule has 1 fully saturated rings. The number of amides is 2. The average molecular weight is 405 g/mol. The summed E-state index contributed by atoms with van der Waals surface area (Å²) in [6.45, 7) is 1.31. The van der Waals surface area contributed by atoms with Gasteiger partial charge in [0.25, 0.3) is 11.8 Å². The Kier molecular flexibility index (Phi) is 5.65. The lowest BCUT2D eigenvalue weighted by Crippen LogP contribution is -2.41. The Labute approximate surface area is 174 Å². The number of halogens is 1. The molecule has 0 aliphatic carbocycles. The highest BCUT2D eigenvalue weighted by Gasteiger charge is 2.23. The minimum absolute atomic E-state index is 0.0900. The van der Waals surface area contributed by atoms with Crippen molar-refractivity contribution in [3.8, 4) is 0 Å². The van der Waals surface area contributed by atoms with E-state index in [1.54, 1.807) is 17.0 Å². The number of aromatic nitrogens is 1. The highest BCUT2D eigenvalue weighted by molar-refractivity contribution is 6.06. The zero-order valence-electron chi connectivity index (χ0n) is 16.9. The molecule has 0 atom stereocenters. The highest BCUT2D eigenvalue weighted by Crippen LogP contribution is 2.23. The monoisotopic (exact) mass is 405 g/mol. The molecular weight excluding hydrogens is 381 g/mol. The Hall–Kier alpha value is -3.41. The second kappa shape index (κ2) is 8.53. The van der Waals surface area contributed by atoms with E-state index in [0.717, 1.165) is 35.7 Å². The van der Waals surface area contributed by atoms with Crippen LogP contribution in [-0.2, 0) is 11.8 Å². The summed E-state index contributed by atoms with van der Waals surface area (Å²) in [5.74, 6) is -1.50. The Balaban J connectivity index is 1.73. The van der Waals surface area contributed by atoms with E-state index in [1.807, 2.05) is 42.1 Å². The molecule has 1 N–H and O–H groups in total. The number of likely N-dealkylation sites (tertiary alicyclic amines) is 1. The van der Waals surface area contributed by atoms with Gasteiger partial charge >= 0.3 is 0 Å². The molecule has 0 radical (unpaired) electrons. The maximum Gasteiger partial charge on any atom is 0.270 e. The molecule has 6 heteroatoms. The number of carbonyl (C=O) groups excluding carboxylic acids is 2. The molecule has 3 aromatic rings. The molecule has 2 amide bonds. The van der Waals surface area contributed by atoms with Crippen molar-refractivity contribution >= 4 is 28.8 Å². The van der Waals surface area contributed by atoms with E-state index in [2.05, 4.69) is 5.32 Å². The fraction of sp³-hybridized carbons (Fsp3) is 0.250. The topological polar surface area (TPSA) is 54.3 Å². The van der Waals surface area contributed by atoms with E-state index in [0.29, 0.717) is 13.1 Å². The zero-order valence-corrected chi connectivity index (χ0v) is 16.9. The summed E-state index contributed by atoms with van der Waals surface area (Å²) in [7, 11) is 1.93. The average Bonchev–Trinajstić information content (AvgIpc) is 3.09. The number of aryl methyl sites for hydroxylation is 1. The van der Waals surface area contributed by atoms with Crippen LogP contribution in [0.4, 0.5) is 4.39 Å². The molecule has 0 spiro atoms. The number of benzene rings is 2. The van der Waals surface area contributed by atoms with Crippen molar-refractivity contribution in [2.75, 3.05) is 13.1 Å². The lowest BCUT2D eigenvalue weighted by Gasteiger charge is -2.27. The third-order valence-electron chi connectivity index (χ3n) is 5.47. The summed E-state index contributed by atoms with van der Waals surface area (Å²) >= 11 is 0. The second-order valence-corrected chi connectivity index (χ2v) is 7.56. The smallest absolute Gasteiger partial charge is 0.270 e. The van der Waals surface area contributed by atoms with Crippen LogP contribution < -0.4 is 5.32 Å². The van der Waals surface area contributed by atoms with E-state index in [1.165, 1.54) is 18.2 Å². The van der Waals surface area contributed by atoms with Crippen LogP contribution in [0.5, 0.6) is 0 Å². The van der Waals surface area contributed by atoms with Crippen molar-refractivity contribution in [1.29, 1.82) is 0 Å². The molecule has 2 heterocycles. The van der Waals surface area contributed by atoms with E-state index in [4.69, 9.17) is 0 Å². The minimum atomic E-state index is -0.634. The number of rotatable bonds is 4. The van der Waals surface area contributed by atoms with Crippen LogP contribution in [0.2, 0.25) is 0 Å². The molecule has 5 nitrogen and oxygen atoms in total. The summed E-state index contributed by atoms with van der Waals surface area (Å²) in [4.78, 5) is 27.7. The lowest BCUT2D eigenvalue weighted by atomic mass is 10.1. The fourth-order valence-electron chi connectivity index (χ4n) is 3.90. The third kappa shape index (κ3) is 3.99. The van der Waals surface area contributed by atoms with Gasteiger partial charge in [-0.15, -0.1) is 0 Å². The van der Waals surface area contributed by atoms with Gasteiger partial charge in [0.1, 0.15) is 11.5 Å². The lowest BCUT2D eigenvalue weighted by molar-refractivity contribution is -0.128. The van der Waals surface area contributed by atoms with Crippen LogP contribution in [0.15, 0.2) is 60.4 Å². The van der Waals surface area contributed by atoms with E-state index < -0.39 is 11.7 Å². The van der Waals surface area contributed by atoms with E-state index in [9.17, 15) is 14.0 Å². The molecule has 1 saturated heterocycles. The maximum absolute atomic E-state index is 14.1. The van der Waals surface area contributed by atoms with Gasteiger partial charge in [0.2, 0.25) is 0 Å². The normalized spacial score (nSPS) is 14.7. The summed E-state index contributed by atoms with van der Waals surface area (Å²) in [5, 5.41) is 3.65. The molecule has 0 bridgehead atoms. The molecular formula is C24H24FN3O2. The van der Waals surface area contributed by atoms with Crippen molar-refractivity contribution in [3.05, 3.63) is 77.4 Å². The second-order valence-electron chi connectivity index (χ2n) is 7.56. The van der Waals surface area contributed by atoms with Gasteiger partial charge in [-0.25, -0.2) is 4.39 Å². The number of carbonyl (C=O) groups is 2. The predicted molar refractivity (Wildman–Crippen MR) is 115 cm³/mol. The molecule has 4 rings (SSSR count). The van der Waals surface area contributed by atoms with Crippen molar-refractivity contribution < 1.29 is 14.0 Å². The fourth-order valence-corrected chi connectivity index (χ4v) is 3.90. The SMILES string of the molecule is Cn1cc(C=C(NC(=O)c2ccccc2F)C(=O)N2CCCCC2)c2ccccc21. The molecule has 2 aromatic carbocycles. The Morgan fingerprint density at radius 1 is 1.00 bits per heavy atom. The Morgan fingerprint density at radius 3 is 2.47 bits per heavy atom. The van der Waals surface area contributed by atoms with E-state index >= 15 is 0 Å². The van der Waals surface area contributed by atoms with Crippen LogP contribution in [0, 0.1) is 5.82 Å². The van der Waals surface area contributed by atoms with Crippen molar-refractivity contribution in [1.82, 2.24) is 14.8 Å². The molecule has 1 aliphatic heterocycles.